The van der Waals surface area contributed by atoms with Gasteiger partial charge < -0.3 is 9.47 Å². The topological polar surface area (TPSA) is 93.2 Å². The second-order valence-corrected chi connectivity index (χ2v) is 11.6. The van der Waals surface area contributed by atoms with Crippen molar-refractivity contribution in [3.8, 4) is 5.75 Å². The first-order chi connectivity index (χ1) is 14.5. The normalized spacial score (nSPS) is 22.6. The molecule has 1 atom stereocenters. The van der Waals surface area contributed by atoms with E-state index in [1.165, 1.54) is 6.07 Å². The van der Waals surface area contributed by atoms with Gasteiger partial charge in [-0.3, -0.25) is 4.90 Å². The fraction of sp³-hybridized carbons (Fsp3) is 0.667. The minimum atomic E-state index is -4.96. The Morgan fingerprint density at radius 1 is 1.23 bits per heavy atom. The maximum absolute atomic E-state index is 13.3. The Morgan fingerprint density at radius 2 is 1.94 bits per heavy atom. The number of benzene rings is 1. The predicted octanol–water partition coefficient (Wildman–Crippen LogP) is 1.49. The molecular formula is C18H25F3N2O6S2. The quantitative estimate of drug-likeness (QED) is 0.550. The summed E-state index contributed by atoms with van der Waals surface area (Å²) in [6, 6.07) is 3.39. The summed E-state index contributed by atoms with van der Waals surface area (Å²) >= 11 is 0. The highest BCUT2D eigenvalue weighted by Gasteiger charge is 2.39. The number of sulfonamides is 1. The van der Waals surface area contributed by atoms with Crippen LogP contribution >= 0.6 is 0 Å². The smallest absolute Gasteiger partial charge is 0.406 e. The van der Waals surface area contributed by atoms with Crippen LogP contribution in [-0.2, 0) is 24.6 Å². The molecule has 0 aromatic heterocycles. The molecule has 2 heterocycles. The lowest BCUT2D eigenvalue weighted by Crippen LogP contribution is -2.43. The Labute approximate surface area is 179 Å². The largest absolute Gasteiger partial charge is 0.573 e. The summed E-state index contributed by atoms with van der Waals surface area (Å²) in [6.45, 7) is 3.29. The molecule has 3 rings (SSSR count). The van der Waals surface area contributed by atoms with Crippen LogP contribution in [0.25, 0.3) is 0 Å². The van der Waals surface area contributed by atoms with Crippen molar-refractivity contribution in [2.45, 2.75) is 30.1 Å². The summed E-state index contributed by atoms with van der Waals surface area (Å²) in [4.78, 5) is 1.75. The van der Waals surface area contributed by atoms with Crippen molar-refractivity contribution in [3.63, 3.8) is 0 Å². The number of alkyl halides is 3. The first-order valence-electron chi connectivity index (χ1n) is 9.84. The zero-order chi connectivity index (χ0) is 22.7. The average Bonchev–Trinajstić information content (AvgIpc) is 3.04. The van der Waals surface area contributed by atoms with Gasteiger partial charge >= 0.3 is 6.36 Å². The minimum absolute atomic E-state index is 0.0598. The molecule has 0 radical (unpaired) electrons. The Balaban J connectivity index is 1.80. The molecule has 0 spiro atoms. The van der Waals surface area contributed by atoms with Gasteiger partial charge in [0.25, 0.3) is 0 Å². The van der Waals surface area contributed by atoms with Crippen molar-refractivity contribution in [2.24, 2.45) is 0 Å². The van der Waals surface area contributed by atoms with Gasteiger partial charge in [-0.25, -0.2) is 16.8 Å². The Kier molecular flexibility index (Phi) is 7.51. The van der Waals surface area contributed by atoms with E-state index in [0.29, 0.717) is 26.2 Å². The lowest BCUT2D eigenvalue weighted by atomic mass is 10.2. The zero-order valence-electron chi connectivity index (χ0n) is 16.8. The lowest BCUT2D eigenvalue weighted by Gasteiger charge is -2.30. The van der Waals surface area contributed by atoms with E-state index in [9.17, 15) is 30.0 Å². The van der Waals surface area contributed by atoms with E-state index in [0.717, 1.165) is 35.6 Å². The third kappa shape index (κ3) is 6.78. The molecule has 1 unspecified atom stereocenters. The van der Waals surface area contributed by atoms with Crippen LogP contribution in [-0.4, -0.2) is 89.3 Å². The fourth-order valence-electron chi connectivity index (χ4n) is 3.74. The maximum atomic E-state index is 13.3. The number of ether oxygens (including phenoxy) is 2. The molecule has 0 amide bonds. The molecule has 1 aromatic carbocycles. The van der Waals surface area contributed by atoms with Crippen LogP contribution in [0.15, 0.2) is 29.2 Å². The number of hydrogen-bond acceptors (Lipinski definition) is 7. The molecule has 13 heteroatoms. The zero-order valence-corrected chi connectivity index (χ0v) is 18.4. The van der Waals surface area contributed by atoms with Crippen molar-refractivity contribution in [1.29, 1.82) is 0 Å². The Bertz CT molecular complexity index is 963. The minimum Gasteiger partial charge on any atom is -0.406 e. The van der Waals surface area contributed by atoms with Crippen molar-refractivity contribution in [1.82, 2.24) is 9.21 Å². The van der Waals surface area contributed by atoms with Gasteiger partial charge in [0.1, 0.15) is 5.75 Å². The summed E-state index contributed by atoms with van der Waals surface area (Å²) in [6.07, 6.45) is -4.36. The maximum Gasteiger partial charge on any atom is 0.573 e. The number of morpholine rings is 1. The molecule has 0 aliphatic carbocycles. The molecule has 176 valence electrons. The third-order valence-electron chi connectivity index (χ3n) is 5.22. The van der Waals surface area contributed by atoms with Crippen molar-refractivity contribution >= 4 is 19.9 Å². The van der Waals surface area contributed by atoms with Gasteiger partial charge in [-0.05, 0) is 31.5 Å². The molecule has 2 aliphatic rings. The standard InChI is InChI=1S/C18H25F3N2O6S2/c19-18(20,21)29-16-3-1-4-17(13-16)31(26,27)23(15-5-12-30(24,25)14-15)7-2-6-22-8-10-28-11-9-22/h1,3-4,13,15H,2,5-12,14H2. The summed E-state index contributed by atoms with van der Waals surface area (Å²) in [5.41, 5.74) is 0. The van der Waals surface area contributed by atoms with Crippen molar-refractivity contribution < 1.29 is 39.5 Å². The van der Waals surface area contributed by atoms with E-state index in [1.807, 2.05) is 0 Å². The van der Waals surface area contributed by atoms with Gasteiger partial charge in [-0.2, -0.15) is 4.31 Å². The summed E-state index contributed by atoms with van der Waals surface area (Å²) in [5, 5.41) is 0. The SMILES string of the molecule is O=S1(=O)CCC(N(CCCN2CCOCC2)S(=O)(=O)c2cccc(OC(F)(F)F)c2)C1. The van der Waals surface area contributed by atoms with Crippen LogP contribution in [0.1, 0.15) is 12.8 Å². The van der Waals surface area contributed by atoms with Crippen LogP contribution < -0.4 is 4.74 Å². The monoisotopic (exact) mass is 486 g/mol. The molecule has 2 fully saturated rings. The van der Waals surface area contributed by atoms with Crippen LogP contribution in [0.5, 0.6) is 5.75 Å². The molecule has 0 saturated carbocycles. The predicted molar refractivity (Wildman–Crippen MR) is 106 cm³/mol. The van der Waals surface area contributed by atoms with Crippen molar-refractivity contribution in [3.05, 3.63) is 24.3 Å². The lowest BCUT2D eigenvalue weighted by molar-refractivity contribution is -0.274. The van der Waals surface area contributed by atoms with Gasteiger partial charge in [-0.15, -0.1) is 13.2 Å². The first kappa shape index (κ1) is 24.2. The van der Waals surface area contributed by atoms with Gasteiger partial charge in [0.2, 0.25) is 10.0 Å². The molecule has 2 aliphatic heterocycles. The fourth-order valence-corrected chi connectivity index (χ4v) is 7.30. The van der Waals surface area contributed by atoms with Crippen LogP contribution in [0.3, 0.4) is 0 Å². The average molecular weight is 487 g/mol. The van der Waals surface area contributed by atoms with Crippen LogP contribution in [0, 0.1) is 0 Å². The van der Waals surface area contributed by atoms with E-state index in [1.54, 1.807) is 0 Å². The first-order valence-corrected chi connectivity index (χ1v) is 13.1. The van der Waals surface area contributed by atoms with Gasteiger partial charge in [0, 0.05) is 31.7 Å². The number of nitrogens with zero attached hydrogens (tertiary/aromatic N) is 2. The van der Waals surface area contributed by atoms with Crippen LogP contribution in [0.2, 0.25) is 0 Å². The highest BCUT2D eigenvalue weighted by molar-refractivity contribution is 7.92. The molecule has 31 heavy (non-hydrogen) atoms. The van der Waals surface area contributed by atoms with E-state index >= 15 is 0 Å². The van der Waals surface area contributed by atoms with Gasteiger partial charge in [0.05, 0.1) is 29.6 Å². The summed E-state index contributed by atoms with van der Waals surface area (Å²) < 4.78 is 98.3. The Hall–Kier alpha value is -1.41. The third-order valence-corrected chi connectivity index (χ3v) is 8.92. The summed E-state index contributed by atoms with van der Waals surface area (Å²) in [5.74, 6) is -1.08. The highest BCUT2D eigenvalue weighted by atomic mass is 32.2. The van der Waals surface area contributed by atoms with Crippen LogP contribution in [0.4, 0.5) is 13.2 Å². The number of sulfone groups is 1. The van der Waals surface area contributed by atoms with E-state index in [2.05, 4.69) is 9.64 Å². The second kappa shape index (κ2) is 9.61. The molecule has 2 saturated heterocycles. The van der Waals surface area contributed by atoms with Crippen molar-refractivity contribution in [2.75, 3.05) is 50.9 Å². The van der Waals surface area contributed by atoms with Gasteiger partial charge in [-0.1, -0.05) is 6.07 Å². The molecule has 0 bridgehead atoms. The number of halogens is 3. The molecular weight excluding hydrogens is 461 g/mol. The van der Waals surface area contributed by atoms with E-state index < -0.39 is 38.0 Å². The number of rotatable bonds is 8. The van der Waals surface area contributed by atoms with Gasteiger partial charge in [0.15, 0.2) is 9.84 Å². The summed E-state index contributed by atoms with van der Waals surface area (Å²) in [7, 11) is -7.60. The molecule has 8 nitrogen and oxygen atoms in total. The van der Waals surface area contributed by atoms with E-state index in [-0.39, 0.29) is 29.4 Å². The molecule has 0 N–H and O–H groups in total. The Morgan fingerprint density at radius 3 is 2.55 bits per heavy atom. The molecule has 1 aromatic rings. The van der Waals surface area contributed by atoms with E-state index in [4.69, 9.17) is 4.74 Å². The number of hydrogen-bond donors (Lipinski definition) is 0. The highest BCUT2D eigenvalue weighted by Crippen LogP contribution is 2.29. The second-order valence-electron chi connectivity index (χ2n) is 7.50.